The number of aliphatic hydroxyl groups excluding tert-OH is 1. The monoisotopic (exact) mass is 285 g/mol. The van der Waals surface area contributed by atoms with Gasteiger partial charge in [-0.25, -0.2) is 0 Å². The quantitative estimate of drug-likeness (QED) is 0.873. The fourth-order valence-corrected chi connectivity index (χ4v) is 2.54. The number of ether oxygens (including phenoxy) is 1. The van der Waals surface area contributed by atoms with E-state index in [2.05, 4.69) is 10.1 Å². The number of hydrogen-bond acceptors (Lipinski definition) is 3. The molecule has 1 fully saturated rings. The predicted molar refractivity (Wildman–Crippen MR) is 72.8 cm³/mol. The summed E-state index contributed by atoms with van der Waals surface area (Å²) >= 11 is 0. The molecule has 0 saturated heterocycles. The van der Waals surface area contributed by atoms with Crippen LogP contribution in [0.25, 0.3) is 0 Å². The molecule has 0 aromatic heterocycles. The molecule has 2 N–H and O–H groups in total. The molecule has 0 amide bonds. The number of rotatable bonds is 5. The van der Waals surface area contributed by atoms with E-state index in [-0.39, 0.29) is 29.4 Å². The van der Waals surface area contributed by atoms with E-state index in [1.54, 1.807) is 12.1 Å². The SMILES string of the molecule is CC(NC1CC(O)C1(C)C)c1cccc(OC(F)F)c1. The van der Waals surface area contributed by atoms with E-state index in [9.17, 15) is 13.9 Å². The van der Waals surface area contributed by atoms with Crippen molar-refractivity contribution in [2.45, 2.75) is 52.0 Å². The van der Waals surface area contributed by atoms with Gasteiger partial charge in [-0.15, -0.1) is 0 Å². The summed E-state index contributed by atoms with van der Waals surface area (Å²) < 4.78 is 28.8. The van der Waals surface area contributed by atoms with Gasteiger partial charge in [-0.1, -0.05) is 26.0 Å². The molecule has 112 valence electrons. The van der Waals surface area contributed by atoms with E-state index in [4.69, 9.17) is 0 Å². The predicted octanol–water partition coefficient (Wildman–Crippen LogP) is 3.10. The van der Waals surface area contributed by atoms with Crippen molar-refractivity contribution in [1.82, 2.24) is 5.32 Å². The molecule has 1 aliphatic rings. The lowest BCUT2D eigenvalue weighted by Crippen LogP contribution is -2.60. The molecule has 3 unspecified atom stereocenters. The second-order valence-corrected chi connectivity index (χ2v) is 5.96. The van der Waals surface area contributed by atoms with Crippen LogP contribution >= 0.6 is 0 Å². The van der Waals surface area contributed by atoms with Gasteiger partial charge in [0.25, 0.3) is 0 Å². The Balaban J connectivity index is 2.01. The maximum Gasteiger partial charge on any atom is 0.387 e. The lowest BCUT2D eigenvalue weighted by Gasteiger charge is -2.50. The summed E-state index contributed by atoms with van der Waals surface area (Å²) in [7, 11) is 0. The highest BCUT2D eigenvalue weighted by Gasteiger charge is 2.47. The number of aliphatic hydroxyl groups is 1. The number of alkyl halides is 2. The van der Waals surface area contributed by atoms with E-state index < -0.39 is 6.61 Å². The van der Waals surface area contributed by atoms with Crippen molar-refractivity contribution in [2.24, 2.45) is 5.41 Å². The van der Waals surface area contributed by atoms with E-state index in [0.29, 0.717) is 6.42 Å². The number of halogens is 2. The fraction of sp³-hybridized carbons (Fsp3) is 0.600. The maximum atomic E-state index is 12.2. The van der Waals surface area contributed by atoms with Crippen molar-refractivity contribution < 1.29 is 18.6 Å². The Morgan fingerprint density at radius 3 is 2.65 bits per heavy atom. The molecule has 5 heteroatoms. The minimum absolute atomic E-state index is 0.00741. The zero-order valence-corrected chi connectivity index (χ0v) is 11.9. The summed E-state index contributed by atoms with van der Waals surface area (Å²) in [5, 5.41) is 13.2. The highest BCUT2D eigenvalue weighted by atomic mass is 19.3. The molecule has 0 radical (unpaired) electrons. The fourth-order valence-electron chi connectivity index (χ4n) is 2.54. The minimum Gasteiger partial charge on any atom is -0.435 e. The van der Waals surface area contributed by atoms with E-state index >= 15 is 0 Å². The summed E-state index contributed by atoms with van der Waals surface area (Å²) in [4.78, 5) is 0. The van der Waals surface area contributed by atoms with Crippen molar-refractivity contribution >= 4 is 0 Å². The summed E-state index contributed by atoms with van der Waals surface area (Å²) in [6.07, 6.45) is 0.422. The van der Waals surface area contributed by atoms with Crippen LogP contribution in [0.3, 0.4) is 0 Å². The van der Waals surface area contributed by atoms with Gasteiger partial charge in [-0.2, -0.15) is 8.78 Å². The van der Waals surface area contributed by atoms with Crippen molar-refractivity contribution in [3.8, 4) is 5.75 Å². The summed E-state index contributed by atoms with van der Waals surface area (Å²) in [5.74, 6) is 0.166. The lowest BCUT2D eigenvalue weighted by molar-refractivity contribution is -0.0755. The molecular formula is C15H21F2NO2. The highest BCUT2D eigenvalue weighted by Crippen LogP contribution is 2.41. The summed E-state index contributed by atoms with van der Waals surface area (Å²) in [6, 6.07) is 6.93. The van der Waals surface area contributed by atoms with Crippen LogP contribution in [0.4, 0.5) is 8.78 Å². The second-order valence-electron chi connectivity index (χ2n) is 5.96. The average Bonchev–Trinajstić information content (AvgIpc) is 2.37. The smallest absolute Gasteiger partial charge is 0.387 e. The van der Waals surface area contributed by atoms with Gasteiger partial charge in [-0.05, 0) is 31.0 Å². The van der Waals surface area contributed by atoms with Crippen molar-refractivity contribution in [3.05, 3.63) is 29.8 Å². The molecule has 1 aromatic carbocycles. The van der Waals surface area contributed by atoms with Gasteiger partial charge in [0, 0.05) is 17.5 Å². The van der Waals surface area contributed by atoms with Gasteiger partial charge in [0.05, 0.1) is 6.10 Å². The first kappa shape index (κ1) is 15.2. The normalized spacial score (nSPS) is 26.1. The molecule has 0 bridgehead atoms. The van der Waals surface area contributed by atoms with Gasteiger partial charge in [-0.3, -0.25) is 0 Å². The van der Waals surface area contributed by atoms with Crippen LogP contribution in [-0.4, -0.2) is 23.9 Å². The number of hydrogen-bond donors (Lipinski definition) is 2. The lowest BCUT2D eigenvalue weighted by atomic mass is 9.64. The Hall–Kier alpha value is -1.20. The van der Waals surface area contributed by atoms with E-state index in [1.807, 2.05) is 26.8 Å². The molecule has 0 spiro atoms. The largest absolute Gasteiger partial charge is 0.435 e. The molecule has 3 nitrogen and oxygen atoms in total. The van der Waals surface area contributed by atoms with Crippen LogP contribution in [0.15, 0.2) is 24.3 Å². The molecule has 1 saturated carbocycles. The molecule has 1 aromatic rings. The third-order valence-corrected chi connectivity index (χ3v) is 4.25. The van der Waals surface area contributed by atoms with E-state index in [1.165, 1.54) is 6.07 Å². The Morgan fingerprint density at radius 2 is 2.10 bits per heavy atom. The Kier molecular flexibility index (Phi) is 4.30. The molecule has 3 atom stereocenters. The van der Waals surface area contributed by atoms with Crippen LogP contribution in [0.1, 0.15) is 38.8 Å². The molecule has 2 rings (SSSR count). The topological polar surface area (TPSA) is 41.5 Å². The Bertz CT molecular complexity index is 465. The van der Waals surface area contributed by atoms with Crippen LogP contribution in [0.5, 0.6) is 5.75 Å². The third kappa shape index (κ3) is 3.10. The van der Waals surface area contributed by atoms with Gasteiger partial charge < -0.3 is 15.2 Å². The Labute approximate surface area is 117 Å². The first-order valence-electron chi connectivity index (χ1n) is 6.79. The molecule has 1 aliphatic carbocycles. The van der Waals surface area contributed by atoms with Crippen molar-refractivity contribution in [2.75, 3.05) is 0 Å². The molecule has 0 heterocycles. The zero-order valence-electron chi connectivity index (χ0n) is 11.9. The summed E-state index contributed by atoms with van der Waals surface area (Å²) in [6.45, 7) is 3.20. The molecule has 20 heavy (non-hydrogen) atoms. The standard InChI is InChI=1S/C15H21F2NO2/c1-9(18-12-8-13(19)15(12,2)3)10-5-4-6-11(7-10)20-14(16)17/h4-7,9,12-14,18-19H,8H2,1-3H3. The number of benzene rings is 1. The van der Waals surface area contributed by atoms with Crippen molar-refractivity contribution in [1.29, 1.82) is 0 Å². The number of nitrogens with one attached hydrogen (secondary N) is 1. The first-order valence-corrected chi connectivity index (χ1v) is 6.79. The Morgan fingerprint density at radius 1 is 1.40 bits per heavy atom. The van der Waals surface area contributed by atoms with Gasteiger partial charge in [0.15, 0.2) is 0 Å². The summed E-state index contributed by atoms with van der Waals surface area (Å²) in [5.41, 5.74) is 0.728. The van der Waals surface area contributed by atoms with E-state index in [0.717, 1.165) is 5.56 Å². The van der Waals surface area contributed by atoms with Crippen LogP contribution in [0, 0.1) is 5.41 Å². The third-order valence-electron chi connectivity index (χ3n) is 4.25. The van der Waals surface area contributed by atoms with Crippen LogP contribution in [-0.2, 0) is 0 Å². The highest BCUT2D eigenvalue weighted by molar-refractivity contribution is 5.30. The second kappa shape index (κ2) is 5.66. The van der Waals surface area contributed by atoms with Gasteiger partial charge in [0.1, 0.15) is 5.75 Å². The van der Waals surface area contributed by atoms with Crippen LogP contribution in [0.2, 0.25) is 0 Å². The maximum absolute atomic E-state index is 12.2. The first-order chi connectivity index (χ1) is 9.30. The average molecular weight is 285 g/mol. The van der Waals surface area contributed by atoms with Gasteiger partial charge >= 0.3 is 6.61 Å². The minimum atomic E-state index is -2.81. The van der Waals surface area contributed by atoms with Crippen molar-refractivity contribution in [3.63, 3.8) is 0 Å². The molecular weight excluding hydrogens is 264 g/mol. The zero-order chi connectivity index (χ0) is 14.9. The van der Waals surface area contributed by atoms with Gasteiger partial charge in [0.2, 0.25) is 0 Å². The van der Waals surface area contributed by atoms with Crippen LogP contribution < -0.4 is 10.1 Å². The molecule has 0 aliphatic heterocycles.